The van der Waals surface area contributed by atoms with Crippen LogP contribution in [0, 0.1) is 5.92 Å². The Labute approximate surface area is 91.3 Å². The van der Waals surface area contributed by atoms with Crippen LogP contribution in [-0.4, -0.2) is 40.2 Å². The fourth-order valence-electron chi connectivity index (χ4n) is 2.31. The van der Waals surface area contributed by atoms with E-state index < -0.39 is 0 Å². The molecule has 0 aromatic rings. The van der Waals surface area contributed by atoms with Gasteiger partial charge in [0.05, 0.1) is 17.6 Å². The normalized spacial score (nSPS) is 30.5. The number of nitrogens with two attached hydrogens (primary N) is 1. The van der Waals surface area contributed by atoms with Crippen LogP contribution in [0.3, 0.4) is 0 Å². The predicted octanol–water partition coefficient (Wildman–Crippen LogP) is 0.754. The Morgan fingerprint density at radius 3 is 2.79 bits per heavy atom. The average Bonchev–Trinajstić information content (AvgIpc) is 2.48. The fraction of sp³-hybridized carbons (Fsp3) is 0.900. The Hall–Kier alpha value is -0.190. The van der Waals surface area contributed by atoms with Crippen molar-refractivity contribution in [1.82, 2.24) is 4.90 Å². The molecule has 0 spiro atoms. The minimum Gasteiger partial charge on any atom is -0.395 e. The lowest BCUT2D eigenvalue weighted by Crippen LogP contribution is -2.48. The number of aliphatic hydroxyl groups excluding tert-OH is 1. The van der Waals surface area contributed by atoms with E-state index in [0.29, 0.717) is 10.9 Å². The highest BCUT2D eigenvalue weighted by atomic mass is 32.1. The van der Waals surface area contributed by atoms with Crippen molar-refractivity contribution in [1.29, 1.82) is 0 Å². The van der Waals surface area contributed by atoms with Crippen LogP contribution >= 0.6 is 12.2 Å². The Balaban J connectivity index is 2.70. The molecule has 1 rings (SSSR count). The molecule has 1 saturated heterocycles. The molecular weight excluding hydrogens is 196 g/mol. The molecule has 0 amide bonds. The van der Waals surface area contributed by atoms with E-state index in [0.717, 1.165) is 19.4 Å². The molecule has 0 aromatic carbocycles. The van der Waals surface area contributed by atoms with Crippen molar-refractivity contribution in [2.75, 3.05) is 13.2 Å². The van der Waals surface area contributed by atoms with Crippen LogP contribution in [0.1, 0.15) is 26.7 Å². The highest BCUT2D eigenvalue weighted by Gasteiger charge is 2.35. The van der Waals surface area contributed by atoms with Gasteiger partial charge in [-0.1, -0.05) is 26.1 Å². The number of rotatable bonds is 4. The summed E-state index contributed by atoms with van der Waals surface area (Å²) >= 11 is 5.05. The lowest BCUT2D eigenvalue weighted by atomic mass is 10.0. The Kier molecular flexibility index (Phi) is 4.29. The molecular formula is C10H20N2OS. The summed E-state index contributed by atoms with van der Waals surface area (Å²) in [6, 6.07) is 0.397. The highest BCUT2D eigenvalue weighted by molar-refractivity contribution is 7.80. The molecule has 1 aliphatic rings. The van der Waals surface area contributed by atoms with E-state index in [2.05, 4.69) is 18.7 Å². The number of likely N-dealkylation sites (tertiary alicyclic amines) is 1. The maximum Gasteiger partial charge on any atom is 0.0902 e. The monoisotopic (exact) mass is 216 g/mol. The number of thiocarbonyl (C=S) groups is 1. The SMILES string of the molecule is CCC(C(N)=S)N1CCC(C)C1CO. The van der Waals surface area contributed by atoms with Crippen LogP contribution in [0.4, 0.5) is 0 Å². The molecule has 82 valence electrons. The number of hydrogen-bond acceptors (Lipinski definition) is 3. The first-order valence-corrected chi connectivity index (χ1v) is 5.68. The van der Waals surface area contributed by atoms with Gasteiger partial charge in [0.25, 0.3) is 0 Å². The van der Waals surface area contributed by atoms with E-state index >= 15 is 0 Å². The zero-order valence-electron chi connectivity index (χ0n) is 8.94. The van der Waals surface area contributed by atoms with Crippen molar-refractivity contribution in [3.05, 3.63) is 0 Å². The third kappa shape index (κ3) is 2.24. The van der Waals surface area contributed by atoms with Crippen LogP contribution < -0.4 is 5.73 Å². The van der Waals surface area contributed by atoms with Gasteiger partial charge in [0.2, 0.25) is 0 Å². The van der Waals surface area contributed by atoms with Crippen LogP contribution in [0.15, 0.2) is 0 Å². The average molecular weight is 216 g/mol. The lowest BCUT2D eigenvalue weighted by molar-refractivity contribution is 0.123. The minimum absolute atomic E-state index is 0.159. The molecule has 14 heavy (non-hydrogen) atoms. The number of hydrogen-bond donors (Lipinski definition) is 2. The Morgan fingerprint density at radius 1 is 1.71 bits per heavy atom. The molecule has 1 aliphatic heterocycles. The molecule has 0 aliphatic carbocycles. The summed E-state index contributed by atoms with van der Waals surface area (Å²) in [7, 11) is 0. The largest absolute Gasteiger partial charge is 0.395 e. The molecule has 3 unspecified atom stereocenters. The highest BCUT2D eigenvalue weighted by Crippen LogP contribution is 2.26. The van der Waals surface area contributed by atoms with Gasteiger partial charge in [-0.25, -0.2) is 0 Å². The van der Waals surface area contributed by atoms with Gasteiger partial charge in [-0.15, -0.1) is 0 Å². The van der Waals surface area contributed by atoms with Crippen molar-refractivity contribution >= 4 is 17.2 Å². The zero-order valence-corrected chi connectivity index (χ0v) is 9.76. The summed E-state index contributed by atoms with van der Waals surface area (Å²) in [5, 5.41) is 9.31. The van der Waals surface area contributed by atoms with Crippen molar-refractivity contribution in [3.63, 3.8) is 0 Å². The molecule has 0 aromatic heterocycles. The molecule has 1 heterocycles. The second-order valence-electron chi connectivity index (χ2n) is 4.08. The summed E-state index contributed by atoms with van der Waals surface area (Å²) in [5.41, 5.74) is 5.70. The smallest absolute Gasteiger partial charge is 0.0902 e. The molecule has 3 N–H and O–H groups in total. The van der Waals surface area contributed by atoms with Gasteiger partial charge < -0.3 is 10.8 Å². The van der Waals surface area contributed by atoms with E-state index in [1.54, 1.807) is 0 Å². The van der Waals surface area contributed by atoms with Crippen LogP contribution in [-0.2, 0) is 0 Å². The van der Waals surface area contributed by atoms with Crippen LogP contribution in [0.25, 0.3) is 0 Å². The van der Waals surface area contributed by atoms with Gasteiger partial charge >= 0.3 is 0 Å². The quantitative estimate of drug-likeness (QED) is 0.681. The zero-order chi connectivity index (χ0) is 10.7. The first kappa shape index (κ1) is 11.9. The summed E-state index contributed by atoms with van der Waals surface area (Å²) in [4.78, 5) is 2.81. The van der Waals surface area contributed by atoms with Gasteiger partial charge in [0, 0.05) is 6.04 Å². The summed E-state index contributed by atoms with van der Waals surface area (Å²) in [5.74, 6) is 0.545. The minimum atomic E-state index is 0.159. The van der Waals surface area contributed by atoms with Crippen LogP contribution in [0.5, 0.6) is 0 Å². The first-order valence-electron chi connectivity index (χ1n) is 5.27. The molecule has 0 saturated carbocycles. The third-order valence-electron chi connectivity index (χ3n) is 3.23. The van der Waals surface area contributed by atoms with Crippen molar-refractivity contribution < 1.29 is 5.11 Å². The van der Waals surface area contributed by atoms with E-state index in [9.17, 15) is 5.11 Å². The third-order valence-corrected chi connectivity index (χ3v) is 3.50. The maximum absolute atomic E-state index is 9.31. The van der Waals surface area contributed by atoms with Gasteiger partial charge in [-0.3, -0.25) is 4.90 Å². The van der Waals surface area contributed by atoms with Crippen molar-refractivity contribution in [2.45, 2.75) is 38.8 Å². The van der Waals surface area contributed by atoms with E-state index in [-0.39, 0.29) is 18.7 Å². The number of aliphatic hydroxyl groups is 1. The van der Waals surface area contributed by atoms with E-state index in [1.807, 2.05) is 0 Å². The summed E-state index contributed by atoms with van der Waals surface area (Å²) in [6.45, 7) is 5.47. The molecule has 4 heteroatoms. The standard InChI is InChI=1S/C10H20N2OS/c1-3-8(10(11)14)12-5-4-7(2)9(12)6-13/h7-9,13H,3-6H2,1-2H3,(H2,11,14). The number of nitrogens with zero attached hydrogens (tertiary/aromatic N) is 1. The van der Waals surface area contributed by atoms with Crippen molar-refractivity contribution in [3.8, 4) is 0 Å². The molecule has 3 atom stereocenters. The molecule has 3 nitrogen and oxygen atoms in total. The maximum atomic E-state index is 9.31. The second kappa shape index (κ2) is 5.05. The van der Waals surface area contributed by atoms with Gasteiger partial charge in [0.1, 0.15) is 0 Å². The van der Waals surface area contributed by atoms with Gasteiger partial charge in [-0.2, -0.15) is 0 Å². The van der Waals surface area contributed by atoms with Gasteiger partial charge in [-0.05, 0) is 25.3 Å². The Morgan fingerprint density at radius 2 is 2.36 bits per heavy atom. The van der Waals surface area contributed by atoms with E-state index in [4.69, 9.17) is 18.0 Å². The lowest BCUT2D eigenvalue weighted by Gasteiger charge is -2.32. The predicted molar refractivity (Wildman–Crippen MR) is 62.2 cm³/mol. The van der Waals surface area contributed by atoms with E-state index in [1.165, 1.54) is 0 Å². The second-order valence-corrected chi connectivity index (χ2v) is 4.55. The van der Waals surface area contributed by atoms with Crippen molar-refractivity contribution in [2.24, 2.45) is 11.7 Å². The molecule has 0 radical (unpaired) electrons. The molecule has 0 bridgehead atoms. The van der Waals surface area contributed by atoms with Crippen LogP contribution in [0.2, 0.25) is 0 Å². The van der Waals surface area contributed by atoms with Gasteiger partial charge in [0.15, 0.2) is 0 Å². The first-order chi connectivity index (χ1) is 6.61. The fourth-order valence-corrected chi connectivity index (χ4v) is 2.61. The molecule has 1 fully saturated rings. The summed E-state index contributed by atoms with van der Waals surface area (Å²) in [6.07, 6.45) is 2.06. The summed E-state index contributed by atoms with van der Waals surface area (Å²) < 4.78 is 0. The topological polar surface area (TPSA) is 49.5 Å². The Bertz CT molecular complexity index is 210.